The molecular weight excluding hydrogens is 417 g/mol. The van der Waals surface area contributed by atoms with Crippen LogP contribution in [-0.4, -0.2) is 27.6 Å². The van der Waals surface area contributed by atoms with E-state index in [1.54, 1.807) is 6.07 Å². The fourth-order valence-corrected chi connectivity index (χ4v) is 2.79. The second kappa shape index (κ2) is 7.10. The van der Waals surface area contributed by atoms with Gasteiger partial charge in [0, 0.05) is 22.1 Å². The van der Waals surface area contributed by atoms with Crippen LogP contribution in [0.1, 0.15) is 30.0 Å². The fraction of sp³-hybridized carbons (Fsp3) is 0.312. The summed E-state index contributed by atoms with van der Waals surface area (Å²) in [5, 5.41) is 14.2. The molecule has 0 aliphatic heterocycles. The Morgan fingerprint density at radius 1 is 1.27 bits per heavy atom. The van der Waals surface area contributed by atoms with Crippen LogP contribution < -0.4 is 10.6 Å². The Balaban J connectivity index is 1.88. The van der Waals surface area contributed by atoms with E-state index in [0.29, 0.717) is 5.82 Å². The molecule has 6 nitrogen and oxygen atoms in total. The normalized spacial score (nSPS) is 14.2. The van der Waals surface area contributed by atoms with Gasteiger partial charge in [-0.2, -0.15) is 18.2 Å². The Morgan fingerprint density at radius 2 is 2.00 bits per heavy atom. The van der Waals surface area contributed by atoms with E-state index in [9.17, 15) is 18.0 Å². The molecule has 0 atom stereocenters. The molecule has 1 fully saturated rings. The van der Waals surface area contributed by atoms with Crippen LogP contribution >= 0.6 is 15.9 Å². The first-order valence-corrected chi connectivity index (χ1v) is 8.50. The van der Waals surface area contributed by atoms with Crippen molar-refractivity contribution in [3.63, 3.8) is 0 Å². The van der Waals surface area contributed by atoms with Gasteiger partial charge < -0.3 is 15.7 Å². The molecule has 1 saturated carbocycles. The van der Waals surface area contributed by atoms with Crippen molar-refractivity contribution in [1.29, 1.82) is 0 Å². The molecule has 0 bridgehead atoms. The Bertz CT molecular complexity index is 841. The number of hydrogen-bond acceptors (Lipinski definition) is 5. The molecule has 26 heavy (non-hydrogen) atoms. The Hall–Kier alpha value is -2.36. The third kappa shape index (κ3) is 4.63. The van der Waals surface area contributed by atoms with Gasteiger partial charge in [-0.05, 0) is 31.0 Å². The summed E-state index contributed by atoms with van der Waals surface area (Å²) in [7, 11) is 0. The molecule has 1 aliphatic carbocycles. The predicted molar refractivity (Wildman–Crippen MR) is 92.6 cm³/mol. The molecule has 2 aromatic rings. The van der Waals surface area contributed by atoms with Gasteiger partial charge in [0.05, 0.1) is 11.3 Å². The highest BCUT2D eigenvalue weighted by Crippen LogP contribution is 2.40. The third-order valence-corrected chi connectivity index (χ3v) is 4.37. The average Bonchev–Trinajstić information content (AvgIpc) is 3.38. The third-order valence-electron chi connectivity index (χ3n) is 3.68. The molecule has 0 unspecified atom stereocenters. The first-order chi connectivity index (χ1) is 12.2. The number of benzene rings is 1. The van der Waals surface area contributed by atoms with Gasteiger partial charge >= 0.3 is 12.1 Å². The van der Waals surface area contributed by atoms with Crippen LogP contribution in [0.25, 0.3) is 0 Å². The molecule has 10 heteroatoms. The van der Waals surface area contributed by atoms with Crippen molar-refractivity contribution in [3.8, 4) is 0 Å². The molecule has 1 heterocycles. The van der Waals surface area contributed by atoms with Gasteiger partial charge in [0.15, 0.2) is 0 Å². The lowest BCUT2D eigenvalue weighted by Crippen LogP contribution is -2.15. The smallest absolute Gasteiger partial charge is 0.417 e. The Labute approximate surface area is 155 Å². The molecule has 3 rings (SSSR count). The molecule has 3 N–H and O–H groups in total. The highest BCUT2D eigenvalue weighted by molar-refractivity contribution is 9.10. The number of rotatable bonds is 6. The van der Waals surface area contributed by atoms with Crippen LogP contribution in [0, 0.1) is 0 Å². The summed E-state index contributed by atoms with van der Waals surface area (Å²) in [6.07, 6.45) is -2.56. The molecular formula is C16H14BrF3N4O2. The molecule has 0 amide bonds. The molecule has 1 aromatic carbocycles. The van der Waals surface area contributed by atoms with Crippen LogP contribution in [0.2, 0.25) is 0 Å². The van der Waals surface area contributed by atoms with E-state index in [-0.39, 0.29) is 28.6 Å². The van der Waals surface area contributed by atoms with E-state index < -0.39 is 17.7 Å². The standard InChI is InChI=1S/C16H14BrF3N4O2/c17-11-4-3-9(5-10(11)16(18,19)20)22-13-6-12(8-1-2-8)23-15(24-13)21-7-14(25)26/h3-6,8H,1-2,7H2,(H,25,26)(H2,21,22,23,24). The lowest BCUT2D eigenvalue weighted by atomic mass is 10.2. The summed E-state index contributed by atoms with van der Waals surface area (Å²) in [5.74, 6) is -0.389. The van der Waals surface area contributed by atoms with Crippen LogP contribution in [0.15, 0.2) is 28.7 Å². The lowest BCUT2D eigenvalue weighted by Gasteiger charge is -2.13. The molecule has 0 spiro atoms. The number of carbonyl (C=O) groups is 1. The van der Waals surface area contributed by atoms with Crippen LogP contribution in [0.5, 0.6) is 0 Å². The first kappa shape index (κ1) is 18.4. The van der Waals surface area contributed by atoms with Gasteiger partial charge in [-0.25, -0.2) is 4.98 Å². The van der Waals surface area contributed by atoms with Crippen LogP contribution in [0.4, 0.5) is 30.6 Å². The van der Waals surface area contributed by atoms with Crippen molar-refractivity contribution < 1.29 is 23.1 Å². The summed E-state index contributed by atoms with van der Waals surface area (Å²) in [4.78, 5) is 19.1. The number of nitrogens with zero attached hydrogens (tertiary/aromatic N) is 2. The number of aromatic nitrogens is 2. The summed E-state index contributed by atoms with van der Waals surface area (Å²) in [6.45, 7) is -0.357. The van der Waals surface area contributed by atoms with E-state index in [0.717, 1.165) is 24.6 Å². The average molecular weight is 431 g/mol. The largest absolute Gasteiger partial charge is 0.480 e. The van der Waals surface area contributed by atoms with E-state index >= 15 is 0 Å². The van der Waals surface area contributed by atoms with Gasteiger partial charge in [-0.1, -0.05) is 15.9 Å². The molecule has 1 aliphatic rings. The Morgan fingerprint density at radius 3 is 2.62 bits per heavy atom. The molecule has 0 radical (unpaired) electrons. The van der Waals surface area contributed by atoms with Gasteiger partial charge in [-0.3, -0.25) is 4.79 Å². The van der Waals surface area contributed by atoms with Crippen molar-refractivity contribution in [2.24, 2.45) is 0 Å². The first-order valence-electron chi connectivity index (χ1n) is 7.71. The number of carboxylic acids is 1. The minimum atomic E-state index is -4.49. The van der Waals surface area contributed by atoms with Crippen molar-refractivity contribution in [2.45, 2.75) is 24.9 Å². The minimum absolute atomic E-state index is 0.0549. The zero-order valence-electron chi connectivity index (χ0n) is 13.3. The topological polar surface area (TPSA) is 87.1 Å². The van der Waals surface area contributed by atoms with Crippen LogP contribution in [0.3, 0.4) is 0 Å². The number of aliphatic carboxylic acids is 1. The second-order valence-electron chi connectivity index (χ2n) is 5.84. The predicted octanol–water partition coefficient (Wildman–Crippen LogP) is 4.38. The number of nitrogens with one attached hydrogen (secondary N) is 2. The number of hydrogen-bond donors (Lipinski definition) is 3. The number of halogens is 4. The number of anilines is 3. The fourth-order valence-electron chi connectivity index (χ4n) is 2.32. The van der Waals surface area contributed by atoms with E-state index in [4.69, 9.17) is 5.11 Å². The van der Waals surface area contributed by atoms with Gasteiger partial charge in [-0.15, -0.1) is 0 Å². The maximum absolute atomic E-state index is 13.0. The summed E-state index contributed by atoms with van der Waals surface area (Å²) < 4.78 is 39.1. The van der Waals surface area contributed by atoms with Crippen molar-refractivity contribution in [2.75, 3.05) is 17.2 Å². The monoisotopic (exact) mass is 430 g/mol. The van der Waals surface area contributed by atoms with Gasteiger partial charge in [0.2, 0.25) is 5.95 Å². The molecule has 0 saturated heterocycles. The lowest BCUT2D eigenvalue weighted by molar-refractivity contribution is -0.138. The quantitative estimate of drug-likeness (QED) is 0.630. The zero-order chi connectivity index (χ0) is 18.9. The number of alkyl halides is 3. The van der Waals surface area contributed by atoms with Gasteiger partial charge in [0.1, 0.15) is 12.4 Å². The Kier molecular flexibility index (Phi) is 5.03. The summed E-state index contributed by atoms with van der Waals surface area (Å²) in [6, 6.07) is 5.44. The SMILES string of the molecule is O=C(O)CNc1nc(Nc2ccc(Br)c(C(F)(F)F)c2)cc(C2CC2)n1. The van der Waals surface area contributed by atoms with E-state index in [1.807, 2.05) is 0 Å². The van der Waals surface area contributed by atoms with Crippen LogP contribution in [-0.2, 0) is 11.0 Å². The second-order valence-corrected chi connectivity index (χ2v) is 6.69. The highest BCUT2D eigenvalue weighted by atomic mass is 79.9. The van der Waals surface area contributed by atoms with Crippen molar-refractivity contribution >= 4 is 39.4 Å². The zero-order valence-corrected chi connectivity index (χ0v) is 14.9. The van der Waals surface area contributed by atoms with Gasteiger partial charge in [0.25, 0.3) is 0 Å². The van der Waals surface area contributed by atoms with Crippen molar-refractivity contribution in [3.05, 3.63) is 40.0 Å². The molecule has 138 valence electrons. The summed E-state index contributed by atoms with van der Waals surface area (Å²) in [5.41, 5.74) is 0.136. The highest BCUT2D eigenvalue weighted by Gasteiger charge is 2.33. The van der Waals surface area contributed by atoms with E-state index in [2.05, 4.69) is 36.5 Å². The van der Waals surface area contributed by atoms with E-state index in [1.165, 1.54) is 12.1 Å². The maximum atomic E-state index is 13.0. The molecule has 1 aromatic heterocycles. The summed E-state index contributed by atoms with van der Waals surface area (Å²) >= 11 is 2.90. The van der Waals surface area contributed by atoms with Crippen molar-refractivity contribution in [1.82, 2.24) is 9.97 Å². The number of carboxylic acid groups (broad SMARTS) is 1. The minimum Gasteiger partial charge on any atom is -0.480 e. The maximum Gasteiger partial charge on any atom is 0.417 e.